The first-order valence-electron chi connectivity index (χ1n) is 6.12. The monoisotopic (exact) mass is 290 g/mol. The maximum absolute atomic E-state index is 12.2. The van der Waals surface area contributed by atoms with Crippen molar-refractivity contribution in [3.05, 3.63) is 70.7 Å². The van der Waals surface area contributed by atoms with E-state index < -0.39 is 0 Å². The Labute approximate surface area is 123 Å². The molecule has 2 aromatic rings. The summed E-state index contributed by atoms with van der Waals surface area (Å²) in [5.74, 6) is 0.999. The molecule has 3 heteroatoms. The zero-order valence-electron chi connectivity index (χ0n) is 10.7. The van der Waals surface area contributed by atoms with Crippen LogP contribution in [0.5, 0.6) is 0 Å². The third-order valence-corrected chi connectivity index (χ3v) is 4.31. The Hall–Kier alpha value is -1.25. The summed E-state index contributed by atoms with van der Waals surface area (Å²) in [7, 11) is 0. The summed E-state index contributed by atoms with van der Waals surface area (Å²) >= 11 is 7.47. The van der Waals surface area contributed by atoms with Crippen LogP contribution in [0.3, 0.4) is 0 Å². The number of benzene rings is 2. The van der Waals surface area contributed by atoms with Crippen LogP contribution >= 0.6 is 23.4 Å². The Bertz CT molecular complexity index is 536. The van der Waals surface area contributed by atoms with Gasteiger partial charge in [0.2, 0.25) is 0 Å². The number of ketones is 1. The molecule has 0 aromatic heterocycles. The third kappa shape index (κ3) is 4.12. The molecule has 98 valence electrons. The van der Waals surface area contributed by atoms with Crippen molar-refractivity contribution in [1.29, 1.82) is 0 Å². The van der Waals surface area contributed by atoms with Crippen molar-refractivity contribution < 1.29 is 4.79 Å². The number of carbonyl (C=O) groups is 1. The van der Waals surface area contributed by atoms with Crippen molar-refractivity contribution in [2.45, 2.75) is 17.9 Å². The number of thioether (sulfide) groups is 1. The Morgan fingerprint density at radius 2 is 1.74 bits per heavy atom. The minimum atomic E-state index is -0.0543. The average Bonchev–Trinajstić information content (AvgIpc) is 2.46. The summed E-state index contributed by atoms with van der Waals surface area (Å²) in [4.78, 5) is 12.2. The van der Waals surface area contributed by atoms with Gasteiger partial charge in [0.25, 0.3) is 0 Å². The highest BCUT2D eigenvalue weighted by Crippen LogP contribution is 2.21. The summed E-state index contributed by atoms with van der Waals surface area (Å²) in [6.07, 6.45) is 0. The van der Waals surface area contributed by atoms with Crippen LogP contribution in [-0.4, -0.2) is 11.0 Å². The van der Waals surface area contributed by atoms with Gasteiger partial charge in [-0.3, -0.25) is 4.79 Å². The van der Waals surface area contributed by atoms with Crippen LogP contribution in [0, 0.1) is 0 Å². The first-order chi connectivity index (χ1) is 9.16. The van der Waals surface area contributed by atoms with Gasteiger partial charge in [-0.15, -0.1) is 11.8 Å². The van der Waals surface area contributed by atoms with Crippen LogP contribution in [0.15, 0.2) is 54.6 Å². The van der Waals surface area contributed by atoms with E-state index >= 15 is 0 Å². The lowest BCUT2D eigenvalue weighted by Gasteiger charge is -2.10. The van der Waals surface area contributed by atoms with Gasteiger partial charge in [0, 0.05) is 16.3 Å². The van der Waals surface area contributed by atoms with E-state index in [-0.39, 0.29) is 11.0 Å². The van der Waals surface area contributed by atoms with Crippen LogP contribution in [0.25, 0.3) is 0 Å². The second kappa shape index (κ2) is 6.78. The number of Topliss-reactive ketones (excluding diaryl/α,β-unsaturated/α-hetero) is 1. The molecule has 0 unspecified atom stereocenters. The fourth-order valence-corrected chi connectivity index (χ4v) is 2.77. The van der Waals surface area contributed by atoms with Gasteiger partial charge in [0.1, 0.15) is 0 Å². The number of rotatable bonds is 5. The van der Waals surface area contributed by atoms with E-state index in [1.165, 1.54) is 5.56 Å². The highest BCUT2D eigenvalue weighted by Gasteiger charge is 2.15. The summed E-state index contributed by atoms with van der Waals surface area (Å²) in [5.41, 5.74) is 1.96. The lowest BCUT2D eigenvalue weighted by atomic mass is 10.1. The van der Waals surface area contributed by atoms with E-state index in [2.05, 4.69) is 12.1 Å². The van der Waals surface area contributed by atoms with Crippen molar-refractivity contribution in [2.75, 3.05) is 0 Å². The SMILES string of the molecule is C[C@H](SCc1ccccc1)C(=O)c1ccc(Cl)cc1. The summed E-state index contributed by atoms with van der Waals surface area (Å²) in [5, 5.41) is 0.600. The van der Waals surface area contributed by atoms with Crippen LogP contribution in [0.4, 0.5) is 0 Å². The molecule has 0 fully saturated rings. The smallest absolute Gasteiger partial charge is 0.175 e. The Balaban J connectivity index is 1.94. The fraction of sp³-hybridized carbons (Fsp3) is 0.188. The molecule has 0 amide bonds. The Kier molecular flexibility index (Phi) is 5.06. The van der Waals surface area contributed by atoms with Gasteiger partial charge in [0.15, 0.2) is 5.78 Å². The molecule has 19 heavy (non-hydrogen) atoms. The highest BCUT2D eigenvalue weighted by molar-refractivity contribution is 7.99. The predicted molar refractivity (Wildman–Crippen MR) is 83.0 cm³/mol. The fourth-order valence-electron chi connectivity index (χ4n) is 1.72. The molecular formula is C16H15ClOS. The quantitative estimate of drug-likeness (QED) is 0.733. The zero-order chi connectivity index (χ0) is 13.7. The van der Waals surface area contributed by atoms with Gasteiger partial charge < -0.3 is 0 Å². The van der Waals surface area contributed by atoms with Crippen molar-refractivity contribution in [2.24, 2.45) is 0 Å². The van der Waals surface area contributed by atoms with Crippen LogP contribution in [-0.2, 0) is 5.75 Å². The van der Waals surface area contributed by atoms with Gasteiger partial charge in [-0.1, -0.05) is 41.9 Å². The molecule has 0 aliphatic rings. The number of halogens is 1. The van der Waals surface area contributed by atoms with Crippen LogP contribution in [0.1, 0.15) is 22.8 Å². The minimum Gasteiger partial charge on any atom is -0.293 e. The van der Waals surface area contributed by atoms with Crippen molar-refractivity contribution in [3.63, 3.8) is 0 Å². The van der Waals surface area contributed by atoms with Gasteiger partial charge in [-0.2, -0.15) is 0 Å². The molecule has 2 aromatic carbocycles. The lowest BCUT2D eigenvalue weighted by molar-refractivity contribution is 0.0994. The van der Waals surface area contributed by atoms with Gasteiger partial charge in [-0.05, 0) is 36.8 Å². The molecule has 0 aliphatic heterocycles. The standard InChI is InChI=1S/C16H15ClOS/c1-12(19-11-13-5-3-2-4-6-13)16(18)14-7-9-15(17)10-8-14/h2-10,12H,11H2,1H3/t12-/m0/s1. The molecule has 2 rings (SSSR count). The molecule has 0 saturated heterocycles. The first kappa shape index (κ1) is 14.2. The summed E-state index contributed by atoms with van der Waals surface area (Å²) in [6.45, 7) is 1.95. The minimum absolute atomic E-state index is 0.0543. The van der Waals surface area contributed by atoms with E-state index in [4.69, 9.17) is 11.6 Å². The Morgan fingerprint density at radius 1 is 1.11 bits per heavy atom. The van der Waals surface area contributed by atoms with Gasteiger partial charge in [0.05, 0.1) is 5.25 Å². The van der Waals surface area contributed by atoms with Crippen molar-refractivity contribution in [3.8, 4) is 0 Å². The summed E-state index contributed by atoms with van der Waals surface area (Å²) in [6, 6.07) is 17.2. The van der Waals surface area contributed by atoms with E-state index in [0.29, 0.717) is 5.02 Å². The molecule has 0 N–H and O–H groups in total. The van der Waals surface area contributed by atoms with Crippen molar-refractivity contribution in [1.82, 2.24) is 0 Å². The molecular weight excluding hydrogens is 276 g/mol. The average molecular weight is 291 g/mol. The number of hydrogen-bond donors (Lipinski definition) is 0. The van der Waals surface area contributed by atoms with E-state index in [0.717, 1.165) is 11.3 Å². The van der Waals surface area contributed by atoms with Crippen LogP contribution in [0.2, 0.25) is 5.02 Å². The molecule has 1 nitrogen and oxygen atoms in total. The Morgan fingerprint density at radius 3 is 2.37 bits per heavy atom. The molecule has 0 spiro atoms. The molecule has 1 atom stereocenters. The van der Waals surface area contributed by atoms with E-state index in [1.807, 2.05) is 25.1 Å². The second-order valence-corrected chi connectivity index (χ2v) is 6.08. The maximum atomic E-state index is 12.2. The molecule has 0 saturated carbocycles. The molecule has 0 heterocycles. The highest BCUT2D eigenvalue weighted by atomic mass is 35.5. The van der Waals surface area contributed by atoms with Crippen LogP contribution < -0.4 is 0 Å². The molecule has 0 radical (unpaired) electrons. The zero-order valence-corrected chi connectivity index (χ0v) is 12.2. The third-order valence-electron chi connectivity index (χ3n) is 2.84. The maximum Gasteiger partial charge on any atom is 0.175 e. The lowest BCUT2D eigenvalue weighted by Crippen LogP contribution is -2.13. The largest absolute Gasteiger partial charge is 0.293 e. The van der Waals surface area contributed by atoms with Crippen molar-refractivity contribution >= 4 is 29.1 Å². The number of carbonyl (C=O) groups excluding carboxylic acids is 1. The summed E-state index contributed by atoms with van der Waals surface area (Å²) < 4.78 is 0. The van der Waals surface area contributed by atoms with E-state index in [9.17, 15) is 4.79 Å². The van der Waals surface area contributed by atoms with Gasteiger partial charge in [-0.25, -0.2) is 0 Å². The molecule has 0 bridgehead atoms. The predicted octanol–water partition coefficient (Wildman–Crippen LogP) is 4.84. The van der Waals surface area contributed by atoms with E-state index in [1.54, 1.807) is 36.0 Å². The number of hydrogen-bond acceptors (Lipinski definition) is 2. The normalized spacial score (nSPS) is 12.1. The van der Waals surface area contributed by atoms with Gasteiger partial charge >= 0.3 is 0 Å². The first-order valence-corrected chi connectivity index (χ1v) is 7.55. The molecule has 0 aliphatic carbocycles. The second-order valence-electron chi connectivity index (χ2n) is 4.31. The topological polar surface area (TPSA) is 17.1 Å².